The monoisotopic (exact) mass is 434 g/mol. The van der Waals surface area contributed by atoms with E-state index in [0.29, 0.717) is 18.5 Å². The van der Waals surface area contributed by atoms with Crippen LogP contribution in [0, 0.1) is 0 Å². The highest BCUT2D eigenvalue weighted by atomic mass is 16.2. The predicted molar refractivity (Wildman–Crippen MR) is 128 cm³/mol. The van der Waals surface area contributed by atoms with Gasteiger partial charge < -0.3 is 4.90 Å². The molecule has 1 amide bonds. The van der Waals surface area contributed by atoms with Crippen LogP contribution in [0.15, 0.2) is 91.4 Å². The fraction of sp³-hybridized carbons (Fsp3) is 0.111. The maximum absolute atomic E-state index is 13.0. The molecule has 1 aliphatic rings. The van der Waals surface area contributed by atoms with Crippen LogP contribution in [0.3, 0.4) is 0 Å². The van der Waals surface area contributed by atoms with Crippen molar-refractivity contribution in [1.29, 1.82) is 0 Å². The molecule has 0 saturated carbocycles. The number of carbonyl (C=O) groups excluding carboxylic acids is 2. The number of para-hydroxylation sites is 1. The first kappa shape index (κ1) is 20.6. The minimum absolute atomic E-state index is 0.102. The summed E-state index contributed by atoms with van der Waals surface area (Å²) >= 11 is 0. The number of allylic oxidation sites excluding steroid dienone is 1. The quantitative estimate of drug-likeness (QED) is 0.318. The number of hydrogen-bond acceptors (Lipinski definition) is 4. The maximum atomic E-state index is 13.0. The molecule has 1 aliphatic heterocycles. The van der Waals surface area contributed by atoms with Gasteiger partial charge in [0.15, 0.2) is 5.78 Å². The average molecular weight is 434 g/mol. The van der Waals surface area contributed by atoms with Gasteiger partial charge in [0, 0.05) is 53.9 Å². The van der Waals surface area contributed by atoms with Crippen molar-refractivity contribution in [3.05, 3.63) is 103 Å². The molecule has 0 aliphatic carbocycles. The molecule has 2 aromatic heterocycles. The highest BCUT2D eigenvalue weighted by Crippen LogP contribution is 2.26. The lowest BCUT2D eigenvalue weighted by Gasteiger charge is -2.16. The largest absolute Gasteiger partial charge is 0.312 e. The Morgan fingerprint density at radius 1 is 0.939 bits per heavy atom. The highest BCUT2D eigenvalue weighted by Gasteiger charge is 2.22. The molecule has 0 radical (unpaired) electrons. The van der Waals surface area contributed by atoms with Crippen molar-refractivity contribution in [2.24, 2.45) is 0 Å². The van der Waals surface area contributed by atoms with E-state index in [1.54, 1.807) is 46.3 Å². The molecule has 5 rings (SSSR count). The molecule has 4 aromatic rings. The van der Waals surface area contributed by atoms with Crippen LogP contribution in [0.4, 0.5) is 5.69 Å². The number of nitrogens with zero attached hydrogens (tertiary/aromatic N) is 4. The zero-order chi connectivity index (χ0) is 22.6. The van der Waals surface area contributed by atoms with Gasteiger partial charge in [-0.1, -0.05) is 30.3 Å². The van der Waals surface area contributed by atoms with E-state index in [9.17, 15) is 9.59 Å². The molecular formula is C27H22N4O2. The summed E-state index contributed by atoms with van der Waals surface area (Å²) in [5, 5.41) is 4.76. The second kappa shape index (κ2) is 9.04. The number of ketones is 1. The number of aromatic nitrogens is 3. The summed E-state index contributed by atoms with van der Waals surface area (Å²) in [5.74, 6) is -0.0258. The molecule has 0 spiro atoms. The third-order valence-corrected chi connectivity index (χ3v) is 5.65. The summed E-state index contributed by atoms with van der Waals surface area (Å²) in [4.78, 5) is 30.9. The van der Waals surface area contributed by atoms with Crippen LogP contribution in [-0.2, 0) is 4.79 Å². The number of anilines is 1. The topological polar surface area (TPSA) is 68.1 Å². The summed E-state index contributed by atoms with van der Waals surface area (Å²) in [6.45, 7) is 0.695. The van der Waals surface area contributed by atoms with Crippen LogP contribution in [0.2, 0.25) is 0 Å². The predicted octanol–water partition coefficient (Wildman–Crippen LogP) is 4.96. The lowest BCUT2D eigenvalue weighted by Crippen LogP contribution is -2.23. The van der Waals surface area contributed by atoms with Crippen LogP contribution in [0.1, 0.15) is 28.8 Å². The van der Waals surface area contributed by atoms with Gasteiger partial charge in [-0.2, -0.15) is 5.10 Å². The molecule has 1 fully saturated rings. The smallest absolute Gasteiger partial charge is 0.227 e. The van der Waals surface area contributed by atoms with Gasteiger partial charge in [0.1, 0.15) is 5.69 Å². The van der Waals surface area contributed by atoms with Crippen LogP contribution in [0.25, 0.3) is 23.0 Å². The summed E-state index contributed by atoms with van der Waals surface area (Å²) in [7, 11) is 0. The molecule has 0 unspecified atom stereocenters. The summed E-state index contributed by atoms with van der Waals surface area (Å²) in [6, 6.07) is 20.9. The van der Waals surface area contributed by atoms with E-state index in [2.05, 4.69) is 4.98 Å². The fourth-order valence-electron chi connectivity index (χ4n) is 3.97. The summed E-state index contributed by atoms with van der Waals surface area (Å²) in [6.07, 6.45) is 10.1. The van der Waals surface area contributed by atoms with E-state index in [1.165, 1.54) is 0 Å². The van der Waals surface area contributed by atoms with Crippen molar-refractivity contribution in [3.8, 4) is 16.9 Å². The van der Waals surface area contributed by atoms with Gasteiger partial charge in [0.05, 0.1) is 5.69 Å². The molecule has 0 atom stereocenters. The number of rotatable bonds is 6. The number of amides is 1. The minimum atomic E-state index is -0.128. The van der Waals surface area contributed by atoms with Gasteiger partial charge in [0.2, 0.25) is 5.91 Å². The van der Waals surface area contributed by atoms with Gasteiger partial charge in [-0.15, -0.1) is 0 Å². The first-order valence-corrected chi connectivity index (χ1v) is 10.9. The molecule has 0 N–H and O–H groups in total. The number of carbonyl (C=O) groups is 2. The Bertz CT molecular complexity index is 1330. The van der Waals surface area contributed by atoms with E-state index < -0.39 is 0 Å². The molecule has 6 heteroatoms. The third kappa shape index (κ3) is 4.36. The summed E-state index contributed by atoms with van der Waals surface area (Å²) < 4.78 is 1.81. The fourth-order valence-corrected chi connectivity index (χ4v) is 3.97. The van der Waals surface area contributed by atoms with Gasteiger partial charge in [-0.3, -0.25) is 14.6 Å². The normalized spacial score (nSPS) is 13.7. The van der Waals surface area contributed by atoms with Crippen molar-refractivity contribution in [3.63, 3.8) is 0 Å². The van der Waals surface area contributed by atoms with Crippen molar-refractivity contribution in [1.82, 2.24) is 14.8 Å². The second-order valence-electron chi connectivity index (χ2n) is 7.85. The van der Waals surface area contributed by atoms with Crippen molar-refractivity contribution >= 4 is 23.5 Å². The maximum Gasteiger partial charge on any atom is 0.227 e. The Hall–Kier alpha value is -4.32. The van der Waals surface area contributed by atoms with Crippen LogP contribution in [-0.4, -0.2) is 33.0 Å². The first-order chi connectivity index (χ1) is 16.2. The van der Waals surface area contributed by atoms with Crippen molar-refractivity contribution in [2.45, 2.75) is 12.8 Å². The molecule has 3 heterocycles. The first-order valence-electron chi connectivity index (χ1n) is 10.9. The second-order valence-corrected chi connectivity index (χ2v) is 7.85. The zero-order valence-electron chi connectivity index (χ0n) is 18.0. The SMILES string of the molecule is O=C(C=Cc1cn(-c2ccccc2)nc1-c1ccncc1)c1cccc(N2CCCC2=O)c1. The molecular weight excluding hydrogens is 412 g/mol. The zero-order valence-corrected chi connectivity index (χ0v) is 18.0. The number of benzene rings is 2. The van der Waals surface area contributed by atoms with Crippen LogP contribution < -0.4 is 4.90 Å². The molecule has 162 valence electrons. The van der Waals surface area contributed by atoms with E-state index in [4.69, 9.17) is 5.10 Å². The van der Waals surface area contributed by atoms with E-state index in [-0.39, 0.29) is 11.7 Å². The van der Waals surface area contributed by atoms with Crippen LogP contribution >= 0.6 is 0 Å². The third-order valence-electron chi connectivity index (χ3n) is 5.65. The molecule has 1 saturated heterocycles. The molecule has 2 aromatic carbocycles. The van der Waals surface area contributed by atoms with Crippen molar-refractivity contribution < 1.29 is 9.59 Å². The van der Waals surface area contributed by atoms with Gasteiger partial charge in [-0.05, 0) is 55.0 Å². The Morgan fingerprint density at radius 3 is 2.48 bits per heavy atom. The van der Waals surface area contributed by atoms with Gasteiger partial charge >= 0.3 is 0 Å². The average Bonchev–Trinajstić information content (AvgIpc) is 3.50. The molecule has 33 heavy (non-hydrogen) atoms. The minimum Gasteiger partial charge on any atom is -0.312 e. The summed E-state index contributed by atoms with van der Waals surface area (Å²) in [5.41, 5.74) is 4.75. The van der Waals surface area contributed by atoms with Crippen molar-refractivity contribution in [2.75, 3.05) is 11.4 Å². The Labute approximate surface area is 191 Å². The number of pyridine rings is 1. The lowest BCUT2D eigenvalue weighted by atomic mass is 10.1. The van der Waals surface area contributed by atoms with Gasteiger partial charge in [0.25, 0.3) is 0 Å². The number of hydrogen-bond donors (Lipinski definition) is 0. The van der Waals surface area contributed by atoms with Crippen LogP contribution in [0.5, 0.6) is 0 Å². The Balaban J connectivity index is 1.46. The molecule has 0 bridgehead atoms. The van der Waals surface area contributed by atoms with Gasteiger partial charge in [-0.25, -0.2) is 4.68 Å². The van der Waals surface area contributed by atoms with E-state index in [0.717, 1.165) is 34.6 Å². The highest BCUT2D eigenvalue weighted by molar-refractivity contribution is 6.08. The van der Waals surface area contributed by atoms with E-state index in [1.807, 2.05) is 60.8 Å². The standard InChI is InChI=1S/C27H22N4O2/c32-25(21-6-4-9-24(18-21)30-17-5-10-26(30)33)12-11-22-19-31(23-7-2-1-3-8-23)29-27(22)20-13-15-28-16-14-20/h1-4,6-9,11-16,18-19H,5,10,17H2. The lowest BCUT2D eigenvalue weighted by molar-refractivity contribution is -0.117. The van der Waals surface area contributed by atoms with E-state index >= 15 is 0 Å². The Morgan fingerprint density at radius 2 is 1.73 bits per heavy atom. The molecule has 6 nitrogen and oxygen atoms in total. The Kier molecular flexibility index (Phi) is 5.64.